The molecular formula is C75H124O6. The van der Waals surface area contributed by atoms with E-state index < -0.39 is 6.10 Å². The van der Waals surface area contributed by atoms with Gasteiger partial charge < -0.3 is 14.2 Å². The van der Waals surface area contributed by atoms with Crippen molar-refractivity contribution in [2.75, 3.05) is 13.2 Å². The van der Waals surface area contributed by atoms with Crippen LogP contribution in [0, 0.1) is 0 Å². The van der Waals surface area contributed by atoms with Crippen LogP contribution in [0.3, 0.4) is 0 Å². The Morgan fingerprint density at radius 2 is 0.481 bits per heavy atom. The van der Waals surface area contributed by atoms with Crippen LogP contribution in [0.4, 0.5) is 0 Å². The summed E-state index contributed by atoms with van der Waals surface area (Å²) in [6, 6.07) is 0. The highest BCUT2D eigenvalue weighted by Crippen LogP contribution is 2.16. The van der Waals surface area contributed by atoms with Gasteiger partial charge in [0.1, 0.15) is 13.2 Å². The third kappa shape index (κ3) is 66.2. The van der Waals surface area contributed by atoms with Crippen LogP contribution in [-0.2, 0) is 28.6 Å². The van der Waals surface area contributed by atoms with E-state index in [1.165, 1.54) is 128 Å². The standard InChI is InChI=1S/C75H124O6/c1-4-7-10-13-16-19-22-25-27-29-31-33-35-37-39-41-43-45-47-50-53-56-59-62-65-68-74(77)80-71-72(70-79-73(76)67-64-61-58-55-52-49-24-21-18-15-12-9-6-3)81-75(78)69-66-63-60-57-54-51-48-46-44-42-40-38-36-34-32-30-28-26-23-20-17-14-11-8-5-2/h7,9-10,12,16,18-19,21,23,25-27,30-33,36-39,49,52,72H,4-6,8,11,13-15,17,20,22,24,28-29,34-35,40-48,50-51,53-71H2,1-3H3/b10-7-,12-9-,19-16-,21-18-,26-23-,27-25-,32-30-,33-31-,38-36-,39-37-,52-49-. The van der Waals surface area contributed by atoms with E-state index in [0.717, 1.165) is 135 Å². The molecule has 1 unspecified atom stereocenters. The number of carbonyl (C=O) groups excluding carboxylic acids is 3. The minimum absolute atomic E-state index is 0.0954. The second-order valence-corrected chi connectivity index (χ2v) is 22.0. The Labute approximate surface area is 500 Å². The minimum Gasteiger partial charge on any atom is -0.462 e. The first-order valence-corrected chi connectivity index (χ1v) is 33.7. The van der Waals surface area contributed by atoms with Crippen molar-refractivity contribution in [3.05, 3.63) is 134 Å². The van der Waals surface area contributed by atoms with Crippen LogP contribution in [0.5, 0.6) is 0 Å². The van der Waals surface area contributed by atoms with E-state index in [1.54, 1.807) is 0 Å². The van der Waals surface area contributed by atoms with Crippen LogP contribution in [0.25, 0.3) is 0 Å². The van der Waals surface area contributed by atoms with Crippen molar-refractivity contribution in [2.45, 2.75) is 309 Å². The van der Waals surface area contributed by atoms with Gasteiger partial charge in [0.2, 0.25) is 0 Å². The van der Waals surface area contributed by atoms with Crippen molar-refractivity contribution in [1.29, 1.82) is 0 Å². The molecule has 0 heterocycles. The van der Waals surface area contributed by atoms with Gasteiger partial charge in [0, 0.05) is 19.3 Å². The Balaban J connectivity index is 4.36. The molecule has 0 saturated heterocycles. The molecule has 81 heavy (non-hydrogen) atoms. The van der Waals surface area contributed by atoms with Gasteiger partial charge in [-0.25, -0.2) is 0 Å². The zero-order valence-corrected chi connectivity index (χ0v) is 52.8. The summed E-state index contributed by atoms with van der Waals surface area (Å²) in [5.41, 5.74) is 0. The van der Waals surface area contributed by atoms with Gasteiger partial charge >= 0.3 is 17.9 Å². The number of unbranched alkanes of at least 4 members (excludes halogenated alkanes) is 27. The van der Waals surface area contributed by atoms with Crippen molar-refractivity contribution in [3.8, 4) is 0 Å². The van der Waals surface area contributed by atoms with Gasteiger partial charge in [0.25, 0.3) is 0 Å². The number of hydrogen-bond acceptors (Lipinski definition) is 6. The molecule has 1 atom stereocenters. The molecule has 0 aliphatic carbocycles. The predicted molar refractivity (Wildman–Crippen MR) is 353 cm³/mol. The van der Waals surface area contributed by atoms with Crippen LogP contribution in [0.1, 0.15) is 303 Å². The highest BCUT2D eigenvalue weighted by molar-refractivity contribution is 5.71. The van der Waals surface area contributed by atoms with Gasteiger partial charge in [-0.2, -0.15) is 0 Å². The highest BCUT2D eigenvalue weighted by atomic mass is 16.6. The number of rotatable bonds is 60. The second kappa shape index (κ2) is 68.1. The first-order valence-electron chi connectivity index (χ1n) is 33.7. The molecule has 0 radical (unpaired) electrons. The van der Waals surface area contributed by atoms with Crippen molar-refractivity contribution in [1.82, 2.24) is 0 Å². The third-order valence-electron chi connectivity index (χ3n) is 14.1. The van der Waals surface area contributed by atoms with E-state index in [-0.39, 0.29) is 31.1 Å². The van der Waals surface area contributed by atoms with Gasteiger partial charge in [-0.15, -0.1) is 0 Å². The second-order valence-electron chi connectivity index (χ2n) is 22.0. The predicted octanol–water partition coefficient (Wildman–Crippen LogP) is 23.3. The molecule has 0 aromatic heterocycles. The number of hydrogen-bond donors (Lipinski definition) is 0. The fourth-order valence-electron chi connectivity index (χ4n) is 9.14. The molecular weight excluding hydrogens is 997 g/mol. The summed E-state index contributed by atoms with van der Waals surface area (Å²) in [6.45, 7) is 6.38. The van der Waals surface area contributed by atoms with Crippen molar-refractivity contribution in [3.63, 3.8) is 0 Å². The molecule has 0 fully saturated rings. The van der Waals surface area contributed by atoms with Crippen LogP contribution in [-0.4, -0.2) is 37.2 Å². The summed E-state index contributed by atoms with van der Waals surface area (Å²) >= 11 is 0. The van der Waals surface area contributed by atoms with Crippen LogP contribution < -0.4 is 0 Å². The number of ether oxygens (including phenoxy) is 3. The Kier molecular flexibility index (Phi) is 64.3. The molecule has 0 bridgehead atoms. The van der Waals surface area contributed by atoms with Gasteiger partial charge in [0.05, 0.1) is 0 Å². The third-order valence-corrected chi connectivity index (χ3v) is 14.1. The van der Waals surface area contributed by atoms with Crippen LogP contribution >= 0.6 is 0 Å². The van der Waals surface area contributed by atoms with Gasteiger partial charge in [-0.3, -0.25) is 14.4 Å². The highest BCUT2D eigenvalue weighted by Gasteiger charge is 2.19. The molecule has 0 amide bonds. The van der Waals surface area contributed by atoms with Gasteiger partial charge in [0.15, 0.2) is 6.10 Å². The van der Waals surface area contributed by atoms with Crippen molar-refractivity contribution in [2.24, 2.45) is 0 Å². The molecule has 6 heteroatoms. The zero-order chi connectivity index (χ0) is 58.5. The molecule has 0 spiro atoms. The summed E-state index contributed by atoms with van der Waals surface area (Å²) in [4.78, 5) is 38.4. The normalized spacial score (nSPS) is 13.0. The number of carbonyl (C=O) groups is 3. The zero-order valence-electron chi connectivity index (χ0n) is 52.8. The quantitative estimate of drug-likeness (QED) is 0.0261. The van der Waals surface area contributed by atoms with E-state index in [0.29, 0.717) is 19.3 Å². The smallest absolute Gasteiger partial charge is 0.306 e. The Morgan fingerprint density at radius 1 is 0.259 bits per heavy atom. The van der Waals surface area contributed by atoms with Gasteiger partial charge in [-0.05, 0) is 135 Å². The average molecular weight is 1120 g/mol. The van der Waals surface area contributed by atoms with E-state index >= 15 is 0 Å². The van der Waals surface area contributed by atoms with Gasteiger partial charge in [-0.1, -0.05) is 283 Å². The lowest BCUT2D eigenvalue weighted by Gasteiger charge is -2.18. The lowest BCUT2D eigenvalue weighted by Crippen LogP contribution is -2.30. The summed E-state index contributed by atoms with van der Waals surface area (Å²) in [6.07, 6.45) is 96.1. The van der Waals surface area contributed by atoms with E-state index in [9.17, 15) is 14.4 Å². The molecule has 0 saturated carbocycles. The average Bonchev–Trinajstić information content (AvgIpc) is 3.46. The molecule has 0 N–H and O–H groups in total. The SMILES string of the molecule is CC/C=C\C/C=C\C/C=C\C/C=C\C/C=C\CCCCCCCCCCCC(=O)OCC(COC(=O)CCCCC/C=C\C/C=C\C/C=C\CC)OC(=O)CCCCCCCCCCCC/C=C\C/C=C\C/C=C\CCCCCCC. The summed E-state index contributed by atoms with van der Waals surface area (Å²) in [5.74, 6) is -0.931. The maximum atomic E-state index is 12.9. The van der Waals surface area contributed by atoms with Crippen LogP contribution in [0.15, 0.2) is 134 Å². The Bertz CT molecular complexity index is 1720. The van der Waals surface area contributed by atoms with E-state index in [2.05, 4.69) is 154 Å². The van der Waals surface area contributed by atoms with Crippen molar-refractivity contribution >= 4 is 17.9 Å². The molecule has 460 valence electrons. The molecule has 0 aromatic carbocycles. The lowest BCUT2D eigenvalue weighted by atomic mass is 10.0. The maximum Gasteiger partial charge on any atom is 0.306 e. The monoisotopic (exact) mass is 1120 g/mol. The first-order chi connectivity index (χ1) is 40.0. The summed E-state index contributed by atoms with van der Waals surface area (Å²) in [7, 11) is 0. The number of allylic oxidation sites excluding steroid dienone is 22. The summed E-state index contributed by atoms with van der Waals surface area (Å²) < 4.78 is 16.9. The Hall–Kier alpha value is -4.45. The van der Waals surface area contributed by atoms with Crippen molar-refractivity contribution < 1.29 is 28.6 Å². The molecule has 6 nitrogen and oxygen atoms in total. The molecule has 0 aliphatic heterocycles. The largest absolute Gasteiger partial charge is 0.462 e. The lowest BCUT2D eigenvalue weighted by molar-refractivity contribution is -0.167. The van der Waals surface area contributed by atoms with E-state index in [4.69, 9.17) is 14.2 Å². The topological polar surface area (TPSA) is 78.9 Å². The first kappa shape index (κ1) is 76.5. The fraction of sp³-hybridized carbons (Fsp3) is 0.667. The molecule has 0 aliphatic rings. The maximum absolute atomic E-state index is 12.9. The summed E-state index contributed by atoms with van der Waals surface area (Å²) in [5, 5.41) is 0. The molecule has 0 rings (SSSR count). The Morgan fingerprint density at radius 3 is 0.765 bits per heavy atom. The fourth-order valence-corrected chi connectivity index (χ4v) is 9.14. The number of esters is 3. The molecule has 0 aromatic rings. The minimum atomic E-state index is -0.801. The van der Waals surface area contributed by atoms with E-state index in [1.807, 2.05) is 0 Å². The van der Waals surface area contributed by atoms with Crippen LogP contribution in [0.2, 0.25) is 0 Å².